The molecule has 0 amide bonds. The molecule has 0 nitrogen and oxygen atoms in total. The minimum absolute atomic E-state index is 1.23. The molecule has 0 aliphatic rings. The Hall–Kier alpha value is -5.98. The van der Waals surface area contributed by atoms with E-state index in [-0.39, 0.29) is 0 Å². The van der Waals surface area contributed by atoms with E-state index in [1.54, 1.807) is 0 Å². The molecule has 214 valence electrons. The van der Waals surface area contributed by atoms with Crippen molar-refractivity contribution in [2.45, 2.75) is 0 Å². The van der Waals surface area contributed by atoms with Crippen LogP contribution in [-0.4, -0.2) is 0 Å². The van der Waals surface area contributed by atoms with Crippen LogP contribution < -0.4 is 0 Å². The summed E-state index contributed by atoms with van der Waals surface area (Å²) in [4.78, 5) is 0. The molecule has 9 aromatic carbocycles. The minimum Gasteiger partial charge on any atom is -0.0622 e. The van der Waals surface area contributed by atoms with Crippen molar-refractivity contribution in [2.75, 3.05) is 0 Å². The highest BCUT2D eigenvalue weighted by Crippen LogP contribution is 2.49. The van der Waals surface area contributed by atoms with Gasteiger partial charge in [0.15, 0.2) is 0 Å². The fourth-order valence-electron chi connectivity index (χ4n) is 7.51. The Balaban J connectivity index is 1.59. The Morgan fingerprint density at radius 3 is 0.587 bits per heavy atom. The standard InChI is InChI=1S/C46H30/c1-5-17-31(18-6-1)43-35-25-13-14-26-36(35)44(32-19-7-2-8-20-32)40-30-42-41(29-39(40)43)45(33-21-9-3-10-22-33)37-27-15-16-28-38(37)46(42)34-23-11-4-12-24-34/h1-30H. The molecule has 0 aromatic heterocycles. The van der Waals surface area contributed by atoms with Gasteiger partial charge in [-0.25, -0.2) is 0 Å². The average Bonchev–Trinajstić information content (AvgIpc) is 3.13. The van der Waals surface area contributed by atoms with Crippen LogP contribution in [0.25, 0.3) is 87.6 Å². The SMILES string of the molecule is c1ccc(-c2c3ccccc3c(-c3ccccc3)c3cc4c(-c5ccccc5)c5ccccc5c(-c5ccccc5)c4cc23)cc1. The van der Waals surface area contributed by atoms with Crippen LogP contribution in [0.2, 0.25) is 0 Å². The zero-order valence-electron chi connectivity index (χ0n) is 25.3. The van der Waals surface area contributed by atoms with E-state index < -0.39 is 0 Å². The molecule has 0 heteroatoms. The molecular weight excluding hydrogens is 553 g/mol. The van der Waals surface area contributed by atoms with Crippen LogP contribution in [0, 0.1) is 0 Å². The lowest BCUT2D eigenvalue weighted by Crippen LogP contribution is -1.94. The van der Waals surface area contributed by atoms with Gasteiger partial charge in [0.2, 0.25) is 0 Å². The molecule has 0 N–H and O–H groups in total. The number of fused-ring (bicyclic) bond motifs is 4. The Kier molecular flexibility index (Phi) is 6.25. The van der Waals surface area contributed by atoms with Crippen LogP contribution in [0.5, 0.6) is 0 Å². The minimum atomic E-state index is 1.23. The molecule has 0 aliphatic carbocycles. The number of hydrogen-bond donors (Lipinski definition) is 0. The second-order valence-corrected chi connectivity index (χ2v) is 12.0. The van der Waals surface area contributed by atoms with E-state index in [1.165, 1.54) is 87.6 Å². The summed E-state index contributed by atoms with van der Waals surface area (Å²) in [6, 6.07) is 66.5. The predicted molar refractivity (Wildman–Crippen MR) is 198 cm³/mol. The highest BCUT2D eigenvalue weighted by Gasteiger charge is 2.22. The first kappa shape index (κ1) is 26.4. The number of benzene rings is 9. The van der Waals surface area contributed by atoms with Gasteiger partial charge in [-0.05, 0) is 99.7 Å². The van der Waals surface area contributed by atoms with Gasteiger partial charge in [0, 0.05) is 0 Å². The van der Waals surface area contributed by atoms with E-state index in [0.717, 1.165) is 0 Å². The summed E-state index contributed by atoms with van der Waals surface area (Å²) in [7, 11) is 0. The maximum atomic E-state index is 2.49. The largest absolute Gasteiger partial charge is 0.0622 e. The lowest BCUT2D eigenvalue weighted by atomic mass is 9.81. The van der Waals surface area contributed by atoms with E-state index in [1.807, 2.05) is 0 Å². The zero-order chi connectivity index (χ0) is 30.5. The molecular formula is C46H30. The first-order valence-corrected chi connectivity index (χ1v) is 16.0. The van der Waals surface area contributed by atoms with Crippen molar-refractivity contribution < 1.29 is 0 Å². The van der Waals surface area contributed by atoms with E-state index in [9.17, 15) is 0 Å². The van der Waals surface area contributed by atoms with Gasteiger partial charge in [-0.2, -0.15) is 0 Å². The lowest BCUT2D eigenvalue weighted by Gasteiger charge is -2.22. The van der Waals surface area contributed by atoms with Gasteiger partial charge in [0.05, 0.1) is 0 Å². The van der Waals surface area contributed by atoms with Crippen molar-refractivity contribution in [1.82, 2.24) is 0 Å². The molecule has 0 atom stereocenters. The topological polar surface area (TPSA) is 0 Å². The predicted octanol–water partition coefficient (Wildman–Crippen LogP) is 13.0. The molecule has 0 bridgehead atoms. The summed E-state index contributed by atoms with van der Waals surface area (Å²) in [6.45, 7) is 0. The molecule has 9 rings (SSSR count). The Morgan fingerprint density at radius 2 is 0.370 bits per heavy atom. The third kappa shape index (κ3) is 4.15. The Morgan fingerprint density at radius 1 is 0.174 bits per heavy atom. The monoisotopic (exact) mass is 582 g/mol. The molecule has 0 radical (unpaired) electrons. The number of hydrogen-bond acceptors (Lipinski definition) is 0. The van der Waals surface area contributed by atoms with E-state index in [2.05, 4.69) is 182 Å². The summed E-state index contributed by atoms with van der Waals surface area (Å²) in [5.41, 5.74) is 10.0. The molecule has 46 heavy (non-hydrogen) atoms. The molecule has 0 heterocycles. The molecule has 0 saturated carbocycles. The summed E-state index contributed by atoms with van der Waals surface area (Å²) in [6.07, 6.45) is 0. The summed E-state index contributed by atoms with van der Waals surface area (Å²) in [5.74, 6) is 0. The Labute approximate surface area is 268 Å². The first-order valence-electron chi connectivity index (χ1n) is 16.0. The van der Waals surface area contributed by atoms with Crippen molar-refractivity contribution in [2.24, 2.45) is 0 Å². The fraction of sp³-hybridized carbons (Fsp3) is 0. The van der Waals surface area contributed by atoms with Gasteiger partial charge in [-0.3, -0.25) is 0 Å². The van der Waals surface area contributed by atoms with Gasteiger partial charge in [-0.15, -0.1) is 0 Å². The highest BCUT2D eigenvalue weighted by atomic mass is 14.2. The summed E-state index contributed by atoms with van der Waals surface area (Å²) < 4.78 is 0. The van der Waals surface area contributed by atoms with Crippen LogP contribution in [0.3, 0.4) is 0 Å². The van der Waals surface area contributed by atoms with Crippen molar-refractivity contribution in [3.8, 4) is 44.5 Å². The zero-order valence-corrected chi connectivity index (χ0v) is 25.3. The molecule has 0 aliphatic heterocycles. The second kappa shape index (κ2) is 10.9. The first-order chi connectivity index (χ1) is 22.9. The smallest absolute Gasteiger partial charge is 0.00261 e. The van der Waals surface area contributed by atoms with Crippen LogP contribution >= 0.6 is 0 Å². The quantitative estimate of drug-likeness (QED) is 0.181. The number of rotatable bonds is 4. The maximum absolute atomic E-state index is 2.49. The van der Waals surface area contributed by atoms with Gasteiger partial charge < -0.3 is 0 Å². The molecule has 0 spiro atoms. The fourth-order valence-corrected chi connectivity index (χ4v) is 7.51. The van der Waals surface area contributed by atoms with Crippen molar-refractivity contribution in [1.29, 1.82) is 0 Å². The Bertz CT molecular complexity index is 2170. The van der Waals surface area contributed by atoms with Crippen molar-refractivity contribution >= 4 is 43.1 Å². The second-order valence-electron chi connectivity index (χ2n) is 12.0. The van der Waals surface area contributed by atoms with Crippen LogP contribution in [0.4, 0.5) is 0 Å². The van der Waals surface area contributed by atoms with Gasteiger partial charge >= 0.3 is 0 Å². The molecule has 0 fully saturated rings. The van der Waals surface area contributed by atoms with Crippen LogP contribution in [0.1, 0.15) is 0 Å². The van der Waals surface area contributed by atoms with Crippen molar-refractivity contribution in [3.63, 3.8) is 0 Å². The molecule has 9 aromatic rings. The summed E-state index contributed by atoms with van der Waals surface area (Å²) in [5, 5.41) is 10.1. The maximum Gasteiger partial charge on any atom is -0.00261 e. The average molecular weight is 583 g/mol. The lowest BCUT2D eigenvalue weighted by molar-refractivity contribution is 1.64. The van der Waals surface area contributed by atoms with Gasteiger partial charge in [0.25, 0.3) is 0 Å². The summed E-state index contributed by atoms with van der Waals surface area (Å²) >= 11 is 0. The van der Waals surface area contributed by atoms with E-state index in [0.29, 0.717) is 0 Å². The van der Waals surface area contributed by atoms with Crippen LogP contribution in [0.15, 0.2) is 182 Å². The molecule has 0 unspecified atom stereocenters. The highest BCUT2D eigenvalue weighted by molar-refractivity contribution is 6.29. The molecule has 0 saturated heterocycles. The van der Waals surface area contributed by atoms with Gasteiger partial charge in [0.1, 0.15) is 0 Å². The van der Waals surface area contributed by atoms with Crippen LogP contribution in [-0.2, 0) is 0 Å². The van der Waals surface area contributed by atoms with E-state index >= 15 is 0 Å². The van der Waals surface area contributed by atoms with E-state index in [4.69, 9.17) is 0 Å². The third-order valence-electron chi connectivity index (χ3n) is 9.42. The van der Waals surface area contributed by atoms with Gasteiger partial charge in [-0.1, -0.05) is 170 Å². The normalized spacial score (nSPS) is 11.5. The third-order valence-corrected chi connectivity index (χ3v) is 9.42. The van der Waals surface area contributed by atoms with Crippen molar-refractivity contribution in [3.05, 3.63) is 182 Å².